The fourth-order valence-electron chi connectivity index (χ4n) is 2.93. The molecular weight excluding hydrogens is 496 g/mol. The molecular formula is C25H22Cl2FN3O4. The maximum Gasteiger partial charge on any atom is 0.260 e. The van der Waals surface area contributed by atoms with Crippen LogP contribution in [0.5, 0.6) is 5.75 Å². The number of rotatable bonds is 9. The van der Waals surface area contributed by atoms with E-state index < -0.39 is 17.8 Å². The summed E-state index contributed by atoms with van der Waals surface area (Å²) in [5, 5.41) is 8.80. The van der Waals surface area contributed by atoms with Crippen LogP contribution in [0.15, 0.2) is 66.7 Å². The standard InChI is InChI=1S/C25H22Cl2FN3O4/c1-15(35-22-11-6-18(26)14-21(22)27)23(32)29-12-13-30-24(33)16-4-9-20(10-5-16)31-25(34)17-2-7-19(28)8-3-17/h2-11,14-15H,12-13H2,1H3,(H,29,32)(H,30,33)(H,31,34). The summed E-state index contributed by atoms with van der Waals surface area (Å²) in [6.45, 7) is 1.97. The highest BCUT2D eigenvalue weighted by molar-refractivity contribution is 6.35. The maximum atomic E-state index is 13.0. The predicted octanol–water partition coefficient (Wildman–Crippen LogP) is 4.70. The van der Waals surface area contributed by atoms with Crippen molar-refractivity contribution in [2.45, 2.75) is 13.0 Å². The Morgan fingerprint density at radius 3 is 2.11 bits per heavy atom. The van der Waals surface area contributed by atoms with Gasteiger partial charge in [0.15, 0.2) is 6.10 Å². The Morgan fingerprint density at radius 1 is 0.857 bits per heavy atom. The summed E-state index contributed by atoms with van der Waals surface area (Å²) in [4.78, 5) is 36.7. The van der Waals surface area contributed by atoms with Crippen LogP contribution in [0.2, 0.25) is 10.0 Å². The normalized spacial score (nSPS) is 11.3. The minimum atomic E-state index is -0.804. The lowest BCUT2D eigenvalue weighted by Crippen LogP contribution is -2.40. The van der Waals surface area contributed by atoms with E-state index in [9.17, 15) is 18.8 Å². The summed E-state index contributed by atoms with van der Waals surface area (Å²) in [6.07, 6.45) is -0.804. The zero-order valence-electron chi connectivity index (χ0n) is 18.6. The number of anilines is 1. The number of nitrogens with one attached hydrogen (secondary N) is 3. The molecule has 1 unspecified atom stereocenters. The van der Waals surface area contributed by atoms with Gasteiger partial charge in [-0.15, -0.1) is 0 Å². The first-order valence-electron chi connectivity index (χ1n) is 10.6. The molecule has 3 aromatic rings. The smallest absolute Gasteiger partial charge is 0.260 e. The number of carbonyl (C=O) groups excluding carboxylic acids is 3. The number of halogens is 3. The summed E-state index contributed by atoms with van der Waals surface area (Å²) in [6, 6.07) is 16.1. The van der Waals surface area contributed by atoms with E-state index in [2.05, 4.69) is 16.0 Å². The van der Waals surface area contributed by atoms with Crippen molar-refractivity contribution in [3.8, 4) is 5.75 Å². The summed E-state index contributed by atoms with van der Waals surface area (Å²) in [5.74, 6) is -1.19. The van der Waals surface area contributed by atoms with Gasteiger partial charge in [-0.25, -0.2) is 4.39 Å². The summed E-state index contributed by atoms with van der Waals surface area (Å²) >= 11 is 11.9. The Bertz CT molecular complexity index is 1200. The number of benzene rings is 3. The van der Waals surface area contributed by atoms with Crippen LogP contribution in [0.1, 0.15) is 27.6 Å². The molecule has 3 aromatic carbocycles. The van der Waals surface area contributed by atoms with E-state index in [4.69, 9.17) is 27.9 Å². The first kappa shape index (κ1) is 26.0. The summed E-state index contributed by atoms with van der Waals surface area (Å²) < 4.78 is 18.5. The van der Waals surface area contributed by atoms with Gasteiger partial charge in [-0.1, -0.05) is 23.2 Å². The molecule has 0 aromatic heterocycles. The maximum absolute atomic E-state index is 13.0. The molecule has 0 aliphatic rings. The number of amides is 3. The zero-order chi connectivity index (χ0) is 25.4. The van der Waals surface area contributed by atoms with Crippen LogP contribution in [0.3, 0.4) is 0 Å². The van der Waals surface area contributed by atoms with Gasteiger partial charge in [-0.05, 0) is 73.7 Å². The molecule has 0 radical (unpaired) electrons. The lowest BCUT2D eigenvalue weighted by Gasteiger charge is -2.16. The van der Waals surface area contributed by atoms with Crippen LogP contribution < -0.4 is 20.7 Å². The Morgan fingerprint density at radius 2 is 1.46 bits per heavy atom. The Kier molecular flexibility index (Phi) is 9.05. The zero-order valence-corrected chi connectivity index (χ0v) is 20.1. The van der Waals surface area contributed by atoms with Crippen LogP contribution in [0.25, 0.3) is 0 Å². The molecule has 3 amide bonds. The molecule has 0 saturated carbocycles. The molecule has 0 spiro atoms. The van der Waals surface area contributed by atoms with Crippen molar-refractivity contribution in [3.63, 3.8) is 0 Å². The second-order valence-electron chi connectivity index (χ2n) is 7.42. The second kappa shape index (κ2) is 12.2. The Labute approximate surface area is 211 Å². The number of carbonyl (C=O) groups is 3. The first-order valence-corrected chi connectivity index (χ1v) is 11.3. The van der Waals surface area contributed by atoms with E-state index in [1.54, 1.807) is 43.3 Å². The Hall–Kier alpha value is -3.62. The van der Waals surface area contributed by atoms with Gasteiger partial charge in [0.05, 0.1) is 5.02 Å². The van der Waals surface area contributed by atoms with Crippen LogP contribution in [0, 0.1) is 5.82 Å². The SMILES string of the molecule is CC(Oc1ccc(Cl)cc1Cl)C(=O)NCCNC(=O)c1ccc(NC(=O)c2ccc(F)cc2)cc1. The fraction of sp³-hybridized carbons (Fsp3) is 0.160. The van der Waals surface area contributed by atoms with Crippen molar-refractivity contribution < 1.29 is 23.5 Å². The van der Waals surface area contributed by atoms with Gasteiger partial charge in [0.2, 0.25) is 0 Å². The molecule has 7 nitrogen and oxygen atoms in total. The van der Waals surface area contributed by atoms with E-state index in [-0.39, 0.29) is 24.9 Å². The molecule has 0 aliphatic heterocycles. The van der Waals surface area contributed by atoms with Gasteiger partial charge in [-0.2, -0.15) is 0 Å². The minimum absolute atomic E-state index is 0.193. The molecule has 0 bridgehead atoms. The molecule has 3 N–H and O–H groups in total. The van der Waals surface area contributed by atoms with Gasteiger partial charge in [0, 0.05) is 34.9 Å². The predicted molar refractivity (Wildman–Crippen MR) is 133 cm³/mol. The third kappa shape index (κ3) is 7.70. The third-order valence-corrected chi connectivity index (χ3v) is 5.32. The Balaban J connectivity index is 1.41. The number of ether oxygens (including phenoxy) is 1. The highest BCUT2D eigenvalue weighted by Gasteiger charge is 2.16. The molecule has 182 valence electrons. The van der Waals surface area contributed by atoms with E-state index >= 15 is 0 Å². The fourth-order valence-corrected chi connectivity index (χ4v) is 3.38. The van der Waals surface area contributed by atoms with E-state index in [0.717, 1.165) is 0 Å². The topological polar surface area (TPSA) is 96.5 Å². The van der Waals surface area contributed by atoms with Crippen molar-refractivity contribution in [2.24, 2.45) is 0 Å². The molecule has 0 saturated heterocycles. The van der Waals surface area contributed by atoms with Gasteiger partial charge >= 0.3 is 0 Å². The van der Waals surface area contributed by atoms with Crippen LogP contribution >= 0.6 is 23.2 Å². The lowest BCUT2D eigenvalue weighted by molar-refractivity contribution is -0.127. The summed E-state index contributed by atoms with van der Waals surface area (Å²) in [5.41, 5.74) is 1.18. The van der Waals surface area contributed by atoms with Crippen LogP contribution in [-0.2, 0) is 4.79 Å². The third-order valence-electron chi connectivity index (χ3n) is 4.79. The van der Waals surface area contributed by atoms with Crippen molar-refractivity contribution in [1.82, 2.24) is 10.6 Å². The minimum Gasteiger partial charge on any atom is -0.479 e. The van der Waals surface area contributed by atoms with Crippen LogP contribution in [-0.4, -0.2) is 36.9 Å². The molecule has 3 rings (SSSR count). The molecule has 1 atom stereocenters. The average Bonchev–Trinajstić information content (AvgIpc) is 2.84. The summed E-state index contributed by atoms with van der Waals surface area (Å²) in [7, 11) is 0. The molecule has 10 heteroatoms. The van der Waals surface area contributed by atoms with Gasteiger partial charge < -0.3 is 20.7 Å². The van der Waals surface area contributed by atoms with E-state index in [1.165, 1.54) is 30.3 Å². The van der Waals surface area contributed by atoms with Crippen molar-refractivity contribution in [2.75, 3.05) is 18.4 Å². The van der Waals surface area contributed by atoms with Gasteiger partial charge in [0.1, 0.15) is 11.6 Å². The molecule has 0 aliphatic carbocycles. The van der Waals surface area contributed by atoms with Crippen molar-refractivity contribution >= 4 is 46.6 Å². The van der Waals surface area contributed by atoms with Gasteiger partial charge in [-0.3, -0.25) is 14.4 Å². The molecule has 35 heavy (non-hydrogen) atoms. The van der Waals surface area contributed by atoms with E-state index in [0.29, 0.717) is 32.6 Å². The average molecular weight is 518 g/mol. The lowest BCUT2D eigenvalue weighted by atomic mass is 10.1. The highest BCUT2D eigenvalue weighted by Crippen LogP contribution is 2.28. The monoisotopic (exact) mass is 517 g/mol. The second-order valence-corrected chi connectivity index (χ2v) is 8.26. The van der Waals surface area contributed by atoms with Crippen LogP contribution in [0.4, 0.5) is 10.1 Å². The molecule has 0 fully saturated rings. The number of hydrogen-bond acceptors (Lipinski definition) is 4. The largest absolute Gasteiger partial charge is 0.479 e. The van der Waals surface area contributed by atoms with Gasteiger partial charge in [0.25, 0.3) is 17.7 Å². The molecule has 0 heterocycles. The van der Waals surface area contributed by atoms with E-state index in [1.807, 2.05) is 0 Å². The highest BCUT2D eigenvalue weighted by atomic mass is 35.5. The first-order chi connectivity index (χ1) is 16.7. The quantitative estimate of drug-likeness (QED) is 0.358. The van der Waals surface area contributed by atoms with Crippen molar-refractivity contribution in [1.29, 1.82) is 0 Å². The number of hydrogen-bond donors (Lipinski definition) is 3. The van der Waals surface area contributed by atoms with Crippen molar-refractivity contribution in [3.05, 3.63) is 93.7 Å².